The van der Waals surface area contributed by atoms with Gasteiger partial charge in [-0.3, -0.25) is 5.84 Å². The van der Waals surface area contributed by atoms with Crippen molar-refractivity contribution in [3.8, 4) is 0 Å². The molecule has 1 atom stereocenters. The van der Waals surface area contributed by atoms with Gasteiger partial charge in [0.05, 0.1) is 6.04 Å². The maximum atomic E-state index is 5.73. The van der Waals surface area contributed by atoms with Crippen LogP contribution in [0.15, 0.2) is 24.8 Å². The van der Waals surface area contributed by atoms with Crippen molar-refractivity contribution in [2.75, 3.05) is 0 Å². The SMILES string of the molecule is NNC(c1cncnc1)c1cc2c(s1)CCCCC2. The second kappa shape index (κ2) is 5.77. The summed E-state index contributed by atoms with van der Waals surface area (Å²) in [6, 6.07) is 2.31. The van der Waals surface area contributed by atoms with Crippen LogP contribution in [0.2, 0.25) is 0 Å². The van der Waals surface area contributed by atoms with Crippen LogP contribution in [0.3, 0.4) is 0 Å². The van der Waals surface area contributed by atoms with Gasteiger partial charge < -0.3 is 0 Å². The summed E-state index contributed by atoms with van der Waals surface area (Å²) < 4.78 is 0. The number of fused-ring (bicyclic) bond motifs is 1. The smallest absolute Gasteiger partial charge is 0.115 e. The summed E-state index contributed by atoms with van der Waals surface area (Å²) >= 11 is 1.88. The minimum atomic E-state index is -0.00173. The molecule has 100 valence electrons. The van der Waals surface area contributed by atoms with E-state index in [9.17, 15) is 0 Å². The summed E-state index contributed by atoms with van der Waals surface area (Å²) in [5.74, 6) is 5.73. The van der Waals surface area contributed by atoms with Gasteiger partial charge >= 0.3 is 0 Å². The zero-order valence-corrected chi connectivity index (χ0v) is 11.6. The van der Waals surface area contributed by atoms with Crippen molar-refractivity contribution in [3.05, 3.63) is 45.7 Å². The molecule has 2 aromatic heterocycles. The predicted molar refractivity (Wildman–Crippen MR) is 76.8 cm³/mol. The van der Waals surface area contributed by atoms with Crippen LogP contribution in [-0.2, 0) is 12.8 Å². The maximum absolute atomic E-state index is 5.73. The standard InChI is InChI=1S/C14H18N4S/c15-18-14(11-7-16-9-17-8-11)13-6-10-4-2-1-3-5-12(10)19-13/h6-9,14,18H,1-5,15H2. The fourth-order valence-electron chi connectivity index (χ4n) is 2.64. The summed E-state index contributed by atoms with van der Waals surface area (Å²) in [5.41, 5.74) is 5.41. The molecule has 2 heterocycles. The number of hydrogen-bond acceptors (Lipinski definition) is 5. The molecule has 2 aromatic rings. The van der Waals surface area contributed by atoms with Crippen LogP contribution in [0, 0.1) is 0 Å². The second-order valence-electron chi connectivity index (χ2n) is 4.93. The Labute approximate surface area is 117 Å². The Bertz CT molecular complexity index is 514. The highest BCUT2D eigenvalue weighted by Gasteiger charge is 2.19. The summed E-state index contributed by atoms with van der Waals surface area (Å²) in [4.78, 5) is 10.9. The zero-order valence-electron chi connectivity index (χ0n) is 10.8. The van der Waals surface area contributed by atoms with Crippen molar-refractivity contribution in [2.24, 2.45) is 5.84 Å². The normalized spacial score (nSPS) is 16.7. The van der Waals surface area contributed by atoms with Crippen LogP contribution >= 0.6 is 11.3 Å². The lowest BCUT2D eigenvalue weighted by Gasteiger charge is -2.13. The van der Waals surface area contributed by atoms with Crippen LogP contribution < -0.4 is 11.3 Å². The van der Waals surface area contributed by atoms with Gasteiger partial charge in [0.25, 0.3) is 0 Å². The third-order valence-corrected chi connectivity index (χ3v) is 4.93. The van der Waals surface area contributed by atoms with E-state index in [1.807, 2.05) is 23.7 Å². The first kappa shape index (κ1) is 12.7. The van der Waals surface area contributed by atoms with E-state index in [2.05, 4.69) is 21.5 Å². The van der Waals surface area contributed by atoms with Crippen molar-refractivity contribution in [3.63, 3.8) is 0 Å². The molecule has 0 saturated carbocycles. The summed E-state index contributed by atoms with van der Waals surface area (Å²) in [7, 11) is 0. The first-order chi connectivity index (χ1) is 9.38. The first-order valence-corrected chi connectivity index (χ1v) is 7.52. The molecule has 1 unspecified atom stereocenters. The summed E-state index contributed by atoms with van der Waals surface area (Å²) in [6.07, 6.45) is 11.6. The van der Waals surface area contributed by atoms with Gasteiger partial charge in [0.1, 0.15) is 6.33 Å². The first-order valence-electron chi connectivity index (χ1n) is 6.71. The Morgan fingerprint density at radius 3 is 2.74 bits per heavy atom. The molecule has 0 spiro atoms. The quantitative estimate of drug-likeness (QED) is 0.512. The number of aromatic nitrogens is 2. The molecule has 5 heteroatoms. The largest absolute Gasteiger partial charge is 0.271 e. The number of thiophene rings is 1. The van der Waals surface area contributed by atoms with Crippen molar-refractivity contribution in [1.29, 1.82) is 0 Å². The number of nitrogens with one attached hydrogen (secondary N) is 1. The highest BCUT2D eigenvalue weighted by Crippen LogP contribution is 2.34. The van der Waals surface area contributed by atoms with Crippen LogP contribution in [0.25, 0.3) is 0 Å². The number of rotatable bonds is 3. The van der Waals surface area contributed by atoms with Crippen molar-refractivity contribution in [1.82, 2.24) is 15.4 Å². The fourth-order valence-corrected chi connectivity index (χ4v) is 3.98. The van der Waals surface area contributed by atoms with E-state index >= 15 is 0 Å². The molecule has 3 N–H and O–H groups in total. The topological polar surface area (TPSA) is 63.8 Å². The minimum absolute atomic E-state index is 0.00173. The van der Waals surface area contributed by atoms with Gasteiger partial charge in [0.2, 0.25) is 0 Å². The molecule has 4 nitrogen and oxygen atoms in total. The van der Waals surface area contributed by atoms with Crippen LogP contribution in [0.4, 0.5) is 0 Å². The van der Waals surface area contributed by atoms with Crippen LogP contribution in [0.1, 0.15) is 46.2 Å². The lowest BCUT2D eigenvalue weighted by molar-refractivity contribution is 0.640. The average Bonchev–Trinajstić information content (AvgIpc) is 2.71. The van der Waals surface area contributed by atoms with E-state index in [0.29, 0.717) is 0 Å². The van der Waals surface area contributed by atoms with Crippen LogP contribution in [-0.4, -0.2) is 9.97 Å². The molecule has 0 radical (unpaired) electrons. The number of hydrogen-bond donors (Lipinski definition) is 2. The minimum Gasteiger partial charge on any atom is -0.271 e. The van der Waals surface area contributed by atoms with Crippen LogP contribution in [0.5, 0.6) is 0 Å². The highest BCUT2D eigenvalue weighted by atomic mass is 32.1. The van der Waals surface area contributed by atoms with Gasteiger partial charge in [0, 0.05) is 27.7 Å². The van der Waals surface area contributed by atoms with Gasteiger partial charge in [-0.05, 0) is 37.3 Å². The van der Waals surface area contributed by atoms with Gasteiger partial charge in [-0.1, -0.05) is 6.42 Å². The van der Waals surface area contributed by atoms with E-state index < -0.39 is 0 Å². The Balaban J connectivity index is 1.92. The van der Waals surface area contributed by atoms with Gasteiger partial charge in [-0.25, -0.2) is 15.4 Å². The summed E-state index contributed by atoms with van der Waals surface area (Å²) in [5, 5.41) is 0. The Morgan fingerprint density at radius 2 is 1.95 bits per heavy atom. The maximum Gasteiger partial charge on any atom is 0.115 e. The number of hydrazine groups is 1. The number of aryl methyl sites for hydroxylation is 2. The molecule has 0 bridgehead atoms. The predicted octanol–water partition coefficient (Wildman–Crippen LogP) is 2.36. The lowest BCUT2D eigenvalue weighted by Crippen LogP contribution is -2.28. The molecule has 0 aliphatic heterocycles. The van der Waals surface area contributed by atoms with Gasteiger partial charge in [-0.2, -0.15) is 0 Å². The number of nitrogens with zero attached hydrogens (tertiary/aromatic N) is 2. The fraction of sp³-hybridized carbons (Fsp3) is 0.429. The molecule has 3 rings (SSSR count). The highest BCUT2D eigenvalue weighted by molar-refractivity contribution is 7.12. The van der Waals surface area contributed by atoms with Gasteiger partial charge in [-0.15, -0.1) is 11.3 Å². The molecule has 0 aromatic carbocycles. The second-order valence-corrected chi connectivity index (χ2v) is 6.10. The van der Waals surface area contributed by atoms with Gasteiger partial charge in [0.15, 0.2) is 0 Å². The van der Waals surface area contributed by atoms with E-state index in [4.69, 9.17) is 5.84 Å². The molecule has 0 fully saturated rings. The van der Waals surface area contributed by atoms with E-state index in [-0.39, 0.29) is 6.04 Å². The van der Waals surface area contributed by atoms with Crippen molar-refractivity contribution >= 4 is 11.3 Å². The van der Waals surface area contributed by atoms with Crippen molar-refractivity contribution < 1.29 is 0 Å². The summed E-state index contributed by atoms with van der Waals surface area (Å²) in [6.45, 7) is 0. The Hall–Kier alpha value is -1.30. The molecule has 1 aliphatic carbocycles. The van der Waals surface area contributed by atoms with E-state index in [0.717, 1.165) is 5.56 Å². The third kappa shape index (κ3) is 2.68. The average molecular weight is 274 g/mol. The van der Waals surface area contributed by atoms with E-state index in [1.54, 1.807) is 6.33 Å². The molecule has 19 heavy (non-hydrogen) atoms. The molecule has 1 aliphatic rings. The molecule has 0 amide bonds. The number of nitrogens with two attached hydrogens (primary N) is 1. The van der Waals surface area contributed by atoms with E-state index in [1.165, 1.54) is 47.4 Å². The molecule has 0 saturated heterocycles. The molecular weight excluding hydrogens is 256 g/mol. The monoisotopic (exact) mass is 274 g/mol. The lowest BCUT2D eigenvalue weighted by atomic mass is 10.1. The molecular formula is C14H18N4S. The third-order valence-electron chi connectivity index (χ3n) is 3.63. The Morgan fingerprint density at radius 1 is 1.16 bits per heavy atom. The van der Waals surface area contributed by atoms with Crippen molar-refractivity contribution in [2.45, 2.75) is 38.1 Å². The Kier molecular flexibility index (Phi) is 3.87. The zero-order chi connectivity index (χ0) is 13.1.